The fourth-order valence-electron chi connectivity index (χ4n) is 1.28. The smallest absolute Gasteiger partial charge is 0.333 e. The summed E-state index contributed by atoms with van der Waals surface area (Å²) in [6, 6.07) is 10.0. The third-order valence-electron chi connectivity index (χ3n) is 2.32. The average Bonchev–Trinajstić information content (AvgIpc) is 2.35. The Morgan fingerprint density at radius 1 is 1.12 bits per heavy atom. The topological polar surface area (TPSA) is 26.3 Å². The number of carbonyl (C=O) groups is 1. The molecule has 0 radical (unpaired) electrons. The first kappa shape index (κ1) is 12.2. The van der Waals surface area contributed by atoms with Crippen LogP contribution in [-0.2, 0) is 9.53 Å². The van der Waals surface area contributed by atoms with Crippen molar-refractivity contribution in [3.8, 4) is 0 Å². The van der Waals surface area contributed by atoms with Crippen LogP contribution in [0.25, 0.3) is 5.57 Å². The number of benzene rings is 1. The van der Waals surface area contributed by atoms with Gasteiger partial charge in [0, 0.05) is 5.57 Å². The molecular formula is C14H16O2. The van der Waals surface area contributed by atoms with E-state index in [-0.39, 0.29) is 5.97 Å². The molecule has 0 aromatic heterocycles. The molecule has 0 N–H and O–H groups in total. The van der Waals surface area contributed by atoms with Crippen molar-refractivity contribution < 1.29 is 9.53 Å². The quantitative estimate of drug-likeness (QED) is 0.440. The molecule has 0 aliphatic rings. The van der Waals surface area contributed by atoms with Crippen LogP contribution >= 0.6 is 0 Å². The molecular weight excluding hydrogens is 200 g/mol. The summed E-state index contributed by atoms with van der Waals surface area (Å²) < 4.78 is 4.61. The highest BCUT2D eigenvalue weighted by molar-refractivity contribution is 5.88. The van der Waals surface area contributed by atoms with E-state index in [2.05, 4.69) is 4.74 Å². The van der Waals surface area contributed by atoms with Gasteiger partial charge >= 0.3 is 5.97 Å². The van der Waals surface area contributed by atoms with Gasteiger partial charge in [-0.1, -0.05) is 42.5 Å². The molecule has 1 aromatic carbocycles. The van der Waals surface area contributed by atoms with Crippen LogP contribution < -0.4 is 0 Å². The summed E-state index contributed by atoms with van der Waals surface area (Å²) in [7, 11) is 1.38. The van der Waals surface area contributed by atoms with Gasteiger partial charge in [0.1, 0.15) is 0 Å². The molecule has 0 bridgehead atoms. The number of hydrogen-bond donors (Lipinski definition) is 0. The van der Waals surface area contributed by atoms with Crippen LogP contribution in [0.4, 0.5) is 0 Å². The molecule has 0 unspecified atom stereocenters. The van der Waals surface area contributed by atoms with Crippen molar-refractivity contribution in [2.45, 2.75) is 13.8 Å². The maximum atomic E-state index is 11.1. The monoisotopic (exact) mass is 216 g/mol. The molecule has 0 aliphatic carbocycles. The van der Waals surface area contributed by atoms with Crippen molar-refractivity contribution in [1.29, 1.82) is 0 Å². The molecule has 84 valence electrons. The predicted molar refractivity (Wildman–Crippen MR) is 65.9 cm³/mol. The number of carbonyl (C=O) groups excluding carboxylic acids is 1. The molecule has 0 atom stereocenters. The highest BCUT2D eigenvalue weighted by Gasteiger charge is 2.00. The van der Waals surface area contributed by atoms with Gasteiger partial charge in [-0.25, -0.2) is 4.79 Å². The standard InChI is InChI=1S/C14H16O2/c1-11(13-7-5-4-6-8-13)9-10-12(2)14(15)16-3/h4-10H,1-3H3/b11-9+,12-10+. The number of esters is 1. The molecule has 0 fully saturated rings. The molecule has 0 amide bonds. The minimum absolute atomic E-state index is 0.294. The first-order chi connectivity index (χ1) is 7.65. The van der Waals surface area contributed by atoms with E-state index in [9.17, 15) is 4.79 Å². The summed E-state index contributed by atoms with van der Waals surface area (Å²) in [4.78, 5) is 11.1. The van der Waals surface area contributed by atoms with E-state index in [4.69, 9.17) is 0 Å². The van der Waals surface area contributed by atoms with Gasteiger partial charge in [-0.15, -0.1) is 0 Å². The molecule has 1 aromatic rings. The second kappa shape index (κ2) is 5.91. The molecule has 2 heteroatoms. The van der Waals surface area contributed by atoms with Crippen LogP contribution in [0.1, 0.15) is 19.4 Å². The Labute approximate surface area is 96.2 Å². The number of ether oxygens (including phenoxy) is 1. The van der Waals surface area contributed by atoms with E-state index in [0.717, 1.165) is 11.1 Å². The van der Waals surface area contributed by atoms with E-state index in [0.29, 0.717) is 5.57 Å². The lowest BCUT2D eigenvalue weighted by Gasteiger charge is -2.00. The number of allylic oxidation sites excluding steroid dienone is 3. The summed E-state index contributed by atoms with van der Waals surface area (Å²) in [5.41, 5.74) is 2.86. The fourth-order valence-corrected chi connectivity index (χ4v) is 1.28. The van der Waals surface area contributed by atoms with Gasteiger partial charge in [-0.2, -0.15) is 0 Å². The van der Waals surface area contributed by atoms with Gasteiger partial charge in [0.05, 0.1) is 7.11 Å². The Kier molecular flexibility index (Phi) is 4.52. The zero-order valence-electron chi connectivity index (χ0n) is 9.86. The predicted octanol–water partition coefficient (Wildman–Crippen LogP) is 3.21. The Balaban J connectivity index is 2.83. The van der Waals surface area contributed by atoms with Crippen molar-refractivity contribution in [3.63, 3.8) is 0 Å². The summed E-state index contributed by atoms with van der Waals surface area (Å²) in [5.74, 6) is -0.294. The normalized spacial score (nSPS) is 12.4. The molecule has 0 heterocycles. The summed E-state index contributed by atoms with van der Waals surface area (Å²) in [6.07, 6.45) is 3.69. The van der Waals surface area contributed by atoms with Crippen molar-refractivity contribution in [2.24, 2.45) is 0 Å². The Bertz CT molecular complexity index is 414. The zero-order chi connectivity index (χ0) is 12.0. The van der Waals surface area contributed by atoms with Gasteiger partial charge in [0.15, 0.2) is 0 Å². The molecule has 0 aliphatic heterocycles. The van der Waals surface area contributed by atoms with Crippen LogP contribution in [-0.4, -0.2) is 13.1 Å². The van der Waals surface area contributed by atoms with E-state index in [1.54, 1.807) is 13.0 Å². The first-order valence-electron chi connectivity index (χ1n) is 5.14. The van der Waals surface area contributed by atoms with Crippen LogP contribution in [0.2, 0.25) is 0 Å². The van der Waals surface area contributed by atoms with Crippen molar-refractivity contribution in [1.82, 2.24) is 0 Å². The van der Waals surface area contributed by atoms with Crippen LogP contribution in [0.5, 0.6) is 0 Å². The third kappa shape index (κ3) is 3.39. The van der Waals surface area contributed by atoms with Crippen LogP contribution in [0.3, 0.4) is 0 Å². The maximum absolute atomic E-state index is 11.1. The largest absolute Gasteiger partial charge is 0.466 e. The molecule has 2 nitrogen and oxygen atoms in total. The zero-order valence-corrected chi connectivity index (χ0v) is 9.86. The lowest BCUT2D eigenvalue weighted by atomic mass is 10.1. The van der Waals surface area contributed by atoms with Gasteiger partial charge in [-0.3, -0.25) is 0 Å². The SMILES string of the molecule is COC(=O)/C(C)=C/C=C(\C)c1ccccc1. The van der Waals surface area contributed by atoms with Crippen LogP contribution in [0.15, 0.2) is 48.1 Å². The number of hydrogen-bond acceptors (Lipinski definition) is 2. The molecule has 0 saturated carbocycles. The van der Waals surface area contributed by atoms with E-state index in [1.165, 1.54) is 7.11 Å². The lowest BCUT2D eigenvalue weighted by Crippen LogP contribution is -2.00. The fraction of sp³-hybridized carbons (Fsp3) is 0.214. The van der Waals surface area contributed by atoms with E-state index >= 15 is 0 Å². The minimum Gasteiger partial charge on any atom is -0.466 e. The van der Waals surface area contributed by atoms with Gasteiger partial charge in [0.25, 0.3) is 0 Å². The average molecular weight is 216 g/mol. The van der Waals surface area contributed by atoms with Gasteiger partial charge in [0.2, 0.25) is 0 Å². The third-order valence-corrected chi connectivity index (χ3v) is 2.32. The molecule has 0 saturated heterocycles. The lowest BCUT2D eigenvalue weighted by molar-refractivity contribution is -0.136. The Morgan fingerprint density at radius 2 is 1.75 bits per heavy atom. The molecule has 0 spiro atoms. The van der Waals surface area contributed by atoms with Crippen molar-refractivity contribution in [3.05, 3.63) is 53.6 Å². The number of rotatable bonds is 3. The van der Waals surface area contributed by atoms with E-state index in [1.807, 2.05) is 43.3 Å². The molecule has 16 heavy (non-hydrogen) atoms. The van der Waals surface area contributed by atoms with Gasteiger partial charge < -0.3 is 4.74 Å². The highest BCUT2D eigenvalue weighted by Crippen LogP contribution is 2.13. The summed E-state index contributed by atoms with van der Waals surface area (Å²) in [6.45, 7) is 3.75. The number of methoxy groups -OCH3 is 1. The first-order valence-corrected chi connectivity index (χ1v) is 5.14. The Morgan fingerprint density at radius 3 is 2.31 bits per heavy atom. The molecule has 1 rings (SSSR count). The summed E-state index contributed by atoms with van der Waals surface area (Å²) in [5, 5.41) is 0. The van der Waals surface area contributed by atoms with Gasteiger partial charge in [-0.05, 0) is 25.0 Å². The van der Waals surface area contributed by atoms with Crippen LogP contribution in [0, 0.1) is 0 Å². The van der Waals surface area contributed by atoms with Crippen molar-refractivity contribution in [2.75, 3.05) is 7.11 Å². The minimum atomic E-state index is -0.294. The van der Waals surface area contributed by atoms with E-state index < -0.39 is 0 Å². The Hall–Kier alpha value is -1.83. The second-order valence-corrected chi connectivity index (χ2v) is 3.56. The highest BCUT2D eigenvalue weighted by atomic mass is 16.5. The van der Waals surface area contributed by atoms with Crippen molar-refractivity contribution >= 4 is 11.5 Å². The summed E-state index contributed by atoms with van der Waals surface area (Å²) >= 11 is 0. The second-order valence-electron chi connectivity index (χ2n) is 3.56. The maximum Gasteiger partial charge on any atom is 0.333 e.